The molecule has 0 atom stereocenters. The van der Waals surface area contributed by atoms with E-state index in [-0.39, 0.29) is 20.6 Å². The van der Waals surface area contributed by atoms with Crippen LogP contribution in [-0.4, -0.2) is 35.2 Å². The number of halogens is 2. The summed E-state index contributed by atoms with van der Waals surface area (Å²) < 4.78 is 37.0. The minimum Gasteiger partial charge on any atom is -0.496 e. The van der Waals surface area contributed by atoms with Gasteiger partial charge in [-0.2, -0.15) is 0 Å². The van der Waals surface area contributed by atoms with Gasteiger partial charge in [-0.3, -0.25) is 9.10 Å². The molecule has 2 aromatic carbocycles. The summed E-state index contributed by atoms with van der Waals surface area (Å²) in [5.74, 6) is -0.164. The lowest BCUT2D eigenvalue weighted by Gasteiger charge is -2.24. The number of nitrogens with zero attached hydrogens (tertiary/aromatic N) is 1. The molecule has 0 fully saturated rings. The van der Waals surface area contributed by atoms with E-state index in [0.717, 1.165) is 4.31 Å². The second kappa shape index (κ2) is 8.16. The maximum atomic E-state index is 13.1. The molecule has 0 aliphatic rings. The number of hydrogen-bond acceptors (Lipinski definition) is 5. The molecule has 0 heterocycles. The van der Waals surface area contributed by atoms with Gasteiger partial charge in [0.15, 0.2) is 0 Å². The number of carbonyl (C=O) groups excluding carboxylic acids is 1. The molecule has 0 aliphatic heterocycles. The summed E-state index contributed by atoms with van der Waals surface area (Å²) in [5, 5.41) is 0.436. The third-order valence-corrected chi connectivity index (χ3v) is 6.15. The Hall–Kier alpha value is -1.96. The molecule has 0 bridgehead atoms. The van der Waals surface area contributed by atoms with E-state index in [1.807, 2.05) is 0 Å². The van der Waals surface area contributed by atoms with Gasteiger partial charge in [-0.25, -0.2) is 8.42 Å². The Kier molecular flexibility index (Phi) is 6.39. The third kappa shape index (κ3) is 4.23. The van der Waals surface area contributed by atoms with Crippen LogP contribution in [0.25, 0.3) is 0 Å². The molecule has 0 amide bonds. The van der Waals surface area contributed by atoms with E-state index < -0.39 is 22.5 Å². The highest BCUT2D eigenvalue weighted by atomic mass is 35.5. The average Bonchev–Trinajstić information content (AvgIpc) is 2.61. The number of ether oxygens (including phenoxy) is 2. The smallest absolute Gasteiger partial charge is 0.326 e. The molecule has 0 aromatic heterocycles. The van der Waals surface area contributed by atoms with Crippen LogP contribution in [-0.2, 0) is 19.6 Å². The van der Waals surface area contributed by atoms with Crippen LogP contribution < -0.4 is 9.04 Å². The van der Waals surface area contributed by atoms with Crippen molar-refractivity contribution in [3.05, 3.63) is 52.0 Å². The van der Waals surface area contributed by atoms with Crippen molar-refractivity contribution in [2.45, 2.75) is 11.8 Å². The molecule has 26 heavy (non-hydrogen) atoms. The van der Waals surface area contributed by atoms with E-state index in [2.05, 4.69) is 4.74 Å². The van der Waals surface area contributed by atoms with Crippen molar-refractivity contribution in [2.24, 2.45) is 0 Å². The number of carbonyl (C=O) groups is 1. The Morgan fingerprint density at radius 2 is 1.77 bits per heavy atom. The first kappa shape index (κ1) is 20.4. The quantitative estimate of drug-likeness (QED) is 0.670. The van der Waals surface area contributed by atoms with Crippen LogP contribution in [0.5, 0.6) is 5.75 Å². The Balaban J connectivity index is 2.57. The molecule has 0 saturated carbocycles. The molecule has 2 rings (SSSR count). The molecule has 0 aliphatic carbocycles. The molecule has 6 nitrogen and oxygen atoms in total. The molecule has 0 radical (unpaired) electrons. The van der Waals surface area contributed by atoms with Crippen molar-refractivity contribution in [1.29, 1.82) is 0 Å². The first-order valence-electron chi connectivity index (χ1n) is 7.40. The van der Waals surface area contributed by atoms with Crippen molar-refractivity contribution < 1.29 is 22.7 Å². The fourth-order valence-corrected chi connectivity index (χ4v) is 4.05. The fourth-order valence-electron chi connectivity index (χ4n) is 2.28. The number of esters is 1. The minimum atomic E-state index is -4.06. The van der Waals surface area contributed by atoms with Crippen LogP contribution in [0.1, 0.15) is 5.56 Å². The molecule has 2 aromatic rings. The lowest BCUT2D eigenvalue weighted by atomic mass is 10.2. The van der Waals surface area contributed by atoms with Crippen LogP contribution >= 0.6 is 23.2 Å². The normalized spacial score (nSPS) is 11.1. The highest BCUT2D eigenvalue weighted by Crippen LogP contribution is 2.31. The zero-order valence-corrected chi connectivity index (χ0v) is 16.7. The third-order valence-electron chi connectivity index (χ3n) is 3.65. The van der Waals surface area contributed by atoms with Crippen molar-refractivity contribution in [3.63, 3.8) is 0 Å². The SMILES string of the molecule is COC(=O)CN(c1ccc(Cl)c(Cl)c1)S(=O)(=O)c1ccc(OC)c(C)c1. The number of rotatable bonds is 6. The summed E-state index contributed by atoms with van der Waals surface area (Å²) in [6.07, 6.45) is 0. The number of sulfonamides is 1. The predicted octanol–water partition coefficient (Wildman–Crippen LogP) is 3.68. The highest BCUT2D eigenvalue weighted by molar-refractivity contribution is 7.92. The molecular weight excluding hydrogens is 401 g/mol. The van der Waals surface area contributed by atoms with Gasteiger partial charge in [0, 0.05) is 0 Å². The van der Waals surface area contributed by atoms with E-state index in [9.17, 15) is 13.2 Å². The van der Waals surface area contributed by atoms with E-state index in [4.69, 9.17) is 27.9 Å². The molecule has 0 unspecified atom stereocenters. The summed E-state index contributed by atoms with van der Waals surface area (Å²) in [6, 6.07) is 8.72. The van der Waals surface area contributed by atoms with Crippen LogP contribution in [0.15, 0.2) is 41.3 Å². The lowest BCUT2D eigenvalue weighted by molar-refractivity contribution is -0.138. The van der Waals surface area contributed by atoms with Crippen LogP contribution in [0.2, 0.25) is 10.0 Å². The maximum Gasteiger partial charge on any atom is 0.326 e. The van der Waals surface area contributed by atoms with Gasteiger partial charge in [-0.1, -0.05) is 23.2 Å². The summed E-state index contributed by atoms with van der Waals surface area (Å²) in [6.45, 7) is 1.21. The summed E-state index contributed by atoms with van der Waals surface area (Å²) in [5.41, 5.74) is 0.832. The van der Waals surface area contributed by atoms with E-state index >= 15 is 0 Å². The van der Waals surface area contributed by atoms with Gasteiger partial charge in [0.2, 0.25) is 0 Å². The second-order valence-corrected chi connectivity index (χ2v) is 7.99. The summed E-state index contributed by atoms with van der Waals surface area (Å²) in [4.78, 5) is 11.8. The number of hydrogen-bond donors (Lipinski definition) is 0. The van der Waals surface area contributed by atoms with E-state index in [1.165, 1.54) is 44.6 Å². The van der Waals surface area contributed by atoms with E-state index in [0.29, 0.717) is 11.3 Å². The Bertz CT molecular complexity index is 931. The maximum absolute atomic E-state index is 13.1. The molecule has 9 heteroatoms. The highest BCUT2D eigenvalue weighted by Gasteiger charge is 2.28. The van der Waals surface area contributed by atoms with Crippen molar-refractivity contribution in [1.82, 2.24) is 0 Å². The number of aryl methyl sites for hydroxylation is 1. The fraction of sp³-hybridized carbons (Fsp3) is 0.235. The molecule has 0 spiro atoms. The predicted molar refractivity (Wildman–Crippen MR) is 101 cm³/mol. The molecule has 0 saturated heterocycles. The van der Waals surface area contributed by atoms with Gasteiger partial charge >= 0.3 is 5.97 Å². The van der Waals surface area contributed by atoms with E-state index in [1.54, 1.807) is 13.0 Å². The van der Waals surface area contributed by atoms with Gasteiger partial charge in [0.05, 0.1) is 34.8 Å². The second-order valence-electron chi connectivity index (χ2n) is 5.32. The zero-order valence-electron chi connectivity index (χ0n) is 14.3. The Morgan fingerprint density at radius 3 is 2.31 bits per heavy atom. The lowest BCUT2D eigenvalue weighted by Crippen LogP contribution is -2.36. The number of anilines is 1. The standard InChI is InChI=1S/C17H17Cl2NO5S/c1-11-8-13(5-7-16(11)24-2)26(22,23)20(10-17(21)25-3)12-4-6-14(18)15(19)9-12/h4-9H,10H2,1-3H3. The van der Waals surface area contributed by atoms with Crippen LogP contribution in [0, 0.1) is 6.92 Å². The zero-order chi connectivity index (χ0) is 19.5. The largest absolute Gasteiger partial charge is 0.496 e. The Morgan fingerprint density at radius 1 is 1.08 bits per heavy atom. The molecular formula is C17H17Cl2NO5S. The van der Waals surface area contributed by atoms with Gasteiger partial charge in [0.1, 0.15) is 12.3 Å². The van der Waals surface area contributed by atoms with Crippen LogP contribution in [0.4, 0.5) is 5.69 Å². The van der Waals surface area contributed by atoms with Crippen molar-refractivity contribution in [2.75, 3.05) is 25.1 Å². The van der Waals surface area contributed by atoms with Gasteiger partial charge in [-0.15, -0.1) is 0 Å². The number of methoxy groups -OCH3 is 2. The first-order valence-corrected chi connectivity index (χ1v) is 9.59. The molecule has 140 valence electrons. The Labute approximate surface area is 162 Å². The van der Waals surface area contributed by atoms with Crippen molar-refractivity contribution in [3.8, 4) is 5.75 Å². The van der Waals surface area contributed by atoms with Gasteiger partial charge in [-0.05, 0) is 48.9 Å². The van der Waals surface area contributed by atoms with Gasteiger partial charge in [0.25, 0.3) is 10.0 Å². The number of benzene rings is 2. The minimum absolute atomic E-state index is 0.00535. The van der Waals surface area contributed by atoms with Crippen molar-refractivity contribution >= 4 is 44.9 Å². The van der Waals surface area contributed by atoms with Crippen LogP contribution in [0.3, 0.4) is 0 Å². The topological polar surface area (TPSA) is 72.9 Å². The average molecular weight is 418 g/mol. The summed E-state index contributed by atoms with van der Waals surface area (Å²) in [7, 11) is -1.39. The monoisotopic (exact) mass is 417 g/mol. The summed E-state index contributed by atoms with van der Waals surface area (Å²) >= 11 is 11.9. The first-order chi connectivity index (χ1) is 12.2. The molecule has 0 N–H and O–H groups in total. The van der Waals surface area contributed by atoms with Gasteiger partial charge < -0.3 is 9.47 Å².